The van der Waals surface area contributed by atoms with Crippen LogP contribution in [0.4, 0.5) is 18.9 Å². The van der Waals surface area contributed by atoms with Gasteiger partial charge in [0.05, 0.1) is 16.8 Å². The average molecular weight is 295 g/mol. The van der Waals surface area contributed by atoms with Gasteiger partial charge in [-0.15, -0.1) is 0 Å². The average Bonchev–Trinajstić information content (AvgIpc) is 2.93. The Morgan fingerprint density at radius 2 is 2.10 bits per heavy atom. The minimum Gasteiger partial charge on any atom is -0.370 e. The summed E-state index contributed by atoms with van der Waals surface area (Å²) in [5.41, 5.74) is -0.0368. The summed E-state index contributed by atoms with van der Waals surface area (Å²) in [4.78, 5) is 2.05. The fraction of sp³-hybridized carbons (Fsp3) is 0.533. The lowest BCUT2D eigenvalue weighted by molar-refractivity contribution is -0.137. The van der Waals surface area contributed by atoms with Crippen molar-refractivity contribution in [2.75, 3.05) is 24.5 Å². The molecule has 3 nitrogen and oxygen atoms in total. The van der Waals surface area contributed by atoms with Crippen molar-refractivity contribution < 1.29 is 13.2 Å². The van der Waals surface area contributed by atoms with Crippen LogP contribution in [0.1, 0.15) is 24.0 Å². The van der Waals surface area contributed by atoms with Gasteiger partial charge in [0.1, 0.15) is 6.07 Å². The number of halogens is 3. The first kappa shape index (κ1) is 14.2. The number of hydrogen-bond donors (Lipinski definition) is 1. The molecule has 0 bridgehead atoms. The number of fused-ring (bicyclic) bond motifs is 1. The molecule has 2 unspecified atom stereocenters. The molecule has 0 spiro atoms. The molecule has 2 fully saturated rings. The van der Waals surface area contributed by atoms with Gasteiger partial charge in [0, 0.05) is 19.1 Å². The number of piperidine rings is 1. The molecule has 0 aromatic heterocycles. The topological polar surface area (TPSA) is 39.1 Å². The second-order valence-corrected chi connectivity index (χ2v) is 5.69. The summed E-state index contributed by atoms with van der Waals surface area (Å²) in [5.74, 6) is 0.521. The smallest absolute Gasteiger partial charge is 0.370 e. The molecule has 0 saturated carbocycles. The molecular weight excluding hydrogens is 279 g/mol. The number of anilines is 1. The molecule has 0 radical (unpaired) electrons. The summed E-state index contributed by atoms with van der Waals surface area (Å²) in [5, 5.41) is 12.6. The number of alkyl halides is 3. The zero-order chi connectivity index (χ0) is 15.0. The SMILES string of the molecule is N#Cc1cc(C(F)(F)F)ccc1N1CCC2NCCC2C1. The third kappa shape index (κ3) is 2.70. The van der Waals surface area contributed by atoms with Crippen molar-refractivity contribution in [2.45, 2.75) is 25.1 Å². The molecule has 0 amide bonds. The fourth-order valence-corrected chi connectivity index (χ4v) is 3.34. The molecule has 112 valence electrons. The van der Waals surface area contributed by atoms with Crippen LogP contribution in [0.15, 0.2) is 18.2 Å². The van der Waals surface area contributed by atoms with Gasteiger partial charge in [-0.1, -0.05) is 0 Å². The van der Waals surface area contributed by atoms with Crippen LogP contribution in [0, 0.1) is 17.2 Å². The van der Waals surface area contributed by atoms with Crippen molar-refractivity contribution in [3.8, 4) is 6.07 Å². The second-order valence-electron chi connectivity index (χ2n) is 5.69. The molecule has 1 N–H and O–H groups in total. The summed E-state index contributed by atoms with van der Waals surface area (Å²) in [7, 11) is 0. The zero-order valence-electron chi connectivity index (χ0n) is 11.5. The van der Waals surface area contributed by atoms with Gasteiger partial charge in [-0.3, -0.25) is 0 Å². The van der Waals surface area contributed by atoms with Gasteiger partial charge >= 0.3 is 6.18 Å². The highest BCUT2D eigenvalue weighted by atomic mass is 19.4. The van der Waals surface area contributed by atoms with Crippen molar-refractivity contribution >= 4 is 5.69 Å². The number of benzene rings is 1. The molecular formula is C15H16F3N3. The molecule has 2 atom stereocenters. The maximum Gasteiger partial charge on any atom is 0.416 e. The third-order valence-corrected chi connectivity index (χ3v) is 4.44. The van der Waals surface area contributed by atoms with Crippen molar-refractivity contribution in [3.63, 3.8) is 0 Å². The molecule has 0 aliphatic carbocycles. The van der Waals surface area contributed by atoms with E-state index in [0.29, 0.717) is 17.6 Å². The normalized spacial score (nSPS) is 25.5. The van der Waals surface area contributed by atoms with Crippen LogP contribution in [-0.4, -0.2) is 25.7 Å². The third-order valence-electron chi connectivity index (χ3n) is 4.44. The Hall–Kier alpha value is -1.74. The maximum absolute atomic E-state index is 12.7. The highest BCUT2D eigenvalue weighted by Gasteiger charge is 2.35. The van der Waals surface area contributed by atoms with Crippen LogP contribution >= 0.6 is 0 Å². The monoisotopic (exact) mass is 295 g/mol. The molecule has 2 aliphatic heterocycles. The largest absolute Gasteiger partial charge is 0.416 e. The number of rotatable bonds is 1. The molecule has 2 saturated heterocycles. The van der Waals surface area contributed by atoms with Crippen LogP contribution in [0.3, 0.4) is 0 Å². The van der Waals surface area contributed by atoms with Crippen molar-refractivity contribution in [1.29, 1.82) is 5.26 Å². The summed E-state index contributed by atoms with van der Waals surface area (Å²) in [6.45, 7) is 2.58. The van der Waals surface area contributed by atoms with Gasteiger partial charge in [0.15, 0.2) is 0 Å². The van der Waals surface area contributed by atoms with Gasteiger partial charge < -0.3 is 10.2 Å². The Labute approximate surface area is 121 Å². The summed E-state index contributed by atoms with van der Waals surface area (Å²) >= 11 is 0. The van der Waals surface area contributed by atoms with Gasteiger partial charge in [-0.05, 0) is 43.5 Å². The van der Waals surface area contributed by atoms with Gasteiger partial charge in [-0.2, -0.15) is 18.4 Å². The van der Waals surface area contributed by atoms with E-state index in [9.17, 15) is 18.4 Å². The summed E-state index contributed by atoms with van der Waals surface area (Å²) < 4.78 is 38.2. The Balaban J connectivity index is 1.87. The predicted octanol–water partition coefficient (Wildman–Crippen LogP) is 2.77. The zero-order valence-corrected chi connectivity index (χ0v) is 11.5. The minimum absolute atomic E-state index is 0.106. The van der Waals surface area contributed by atoms with E-state index in [4.69, 9.17) is 0 Å². The van der Waals surface area contributed by atoms with E-state index in [1.54, 1.807) is 0 Å². The lowest BCUT2D eigenvalue weighted by Crippen LogP contribution is -2.44. The van der Waals surface area contributed by atoms with E-state index in [2.05, 4.69) is 5.32 Å². The molecule has 1 aromatic carbocycles. The summed E-state index contributed by atoms with van der Waals surface area (Å²) in [6, 6.07) is 5.87. The van der Waals surface area contributed by atoms with E-state index < -0.39 is 11.7 Å². The Morgan fingerprint density at radius 1 is 1.29 bits per heavy atom. The quantitative estimate of drug-likeness (QED) is 0.866. The van der Waals surface area contributed by atoms with Crippen molar-refractivity contribution in [2.24, 2.45) is 5.92 Å². The van der Waals surface area contributed by atoms with Crippen LogP contribution in [0.5, 0.6) is 0 Å². The minimum atomic E-state index is -4.41. The van der Waals surface area contributed by atoms with Gasteiger partial charge in [0.2, 0.25) is 0 Å². The lowest BCUT2D eigenvalue weighted by Gasteiger charge is -2.36. The first-order chi connectivity index (χ1) is 9.99. The van der Waals surface area contributed by atoms with E-state index >= 15 is 0 Å². The van der Waals surface area contributed by atoms with Crippen molar-refractivity contribution in [3.05, 3.63) is 29.3 Å². The molecule has 6 heteroatoms. The van der Waals surface area contributed by atoms with E-state index in [-0.39, 0.29) is 5.56 Å². The van der Waals surface area contributed by atoms with Crippen LogP contribution in [0.2, 0.25) is 0 Å². The van der Waals surface area contributed by atoms with Crippen LogP contribution in [0.25, 0.3) is 0 Å². The first-order valence-electron chi connectivity index (χ1n) is 7.08. The van der Waals surface area contributed by atoms with E-state index in [1.165, 1.54) is 6.07 Å². The maximum atomic E-state index is 12.7. The molecule has 2 heterocycles. The predicted molar refractivity (Wildman–Crippen MR) is 72.9 cm³/mol. The van der Waals surface area contributed by atoms with Gasteiger partial charge in [0.25, 0.3) is 0 Å². The number of hydrogen-bond acceptors (Lipinski definition) is 3. The Morgan fingerprint density at radius 3 is 2.81 bits per heavy atom. The Bertz CT molecular complexity index is 577. The van der Waals surface area contributed by atoms with Gasteiger partial charge in [-0.25, -0.2) is 0 Å². The fourth-order valence-electron chi connectivity index (χ4n) is 3.34. The molecule has 21 heavy (non-hydrogen) atoms. The number of nitrogens with zero attached hydrogens (tertiary/aromatic N) is 2. The van der Waals surface area contributed by atoms with E-state index in [1.807, 2.05) is 11.0 Å². The first-order valence-corrected chi connectivity index (χ1v) is 7.08. The highest BCUT2D eigenvalue weighted by molar-refractivity contribution is 5.61. The number of nitrogens with one attached hydrogen (secondary N) is 1. The Kier molecular flexibility index (Phi) is 3.54. The second kappa shape index (κ2) is 5.23. The lowest BCUT2D eigenvalue weighted by atomic mass is 9.92. The number of nitriles is 1. The summed E-state index contributed by atoms with van der Waals surface area (Å²) in [6.07, 6.45) is -2.35. The highest BCUT2D eigenvalue weighted by Crippen LogP contribution is 2.34. The molecule has 3 rings (SSSR count). The van der Waals surface area contributed by atoms with E-state index in [0.717, 1.165) is 44.6 Å². The van der Waals surface area contributed by atoms with Crippen LogP contribution in [-0.2, 0) is 6.18 Å². The molecule has 2 aliphatic rings. The van der Waals surface area contributed by atoms with Crippen LogP contribution < -0.4 is 10.2 Å². The standard InChI is InChI=1S/C15H16F3N3/c16-15(17,18)12-1-2-14(11(7-12)8-19)21-6-4-13-10(9-21)3-5-20-13/h1-2,7,10,13,20H,3-6,9H2. The van der Waals surface area contributed by atoms with Crippen molar-refractivity contribution in [1.82, 2.24) is 5.32 Å². The molecule has 1 aromatic rings.